The van der Waals surface area contributed by atoms with Gasteiger partial charge in [0, 0.05) is 26.2 Å². The zero-order valence-electron chi connectivity index (χ0n) is 11.2. The van der Waals surface area contributed by atoms with Crippen LogP contribution in [0.1, 0.15) is 0 Å². The van der Waals surface area contributed by atoms with E-state index in [0.29, 0.717) is 18.3 Å². The van der Waals surface area contributed by atoms with Gasteiger partial charge in [0.25, 0.3) is 0 Å². The van der Waals surface area contributed by atoms with Gasteiger partial charge in [-0.25, -0.2) is 0 Å². The quantitative estimate of drug-likeness (QED) is 0.487. The van der Waals surface area contributed by atoms with Gasteiger partial charge >= 0.3 is 5.69 Å². The first-order chi connectivity index (χ1) is 9.66. The highest BCUT2D eigenvalue weighted by molar-refractivity contribution is 5.75. The average Bonchev–Trinajstić information content (AvgIpc) is 2.46. The number of rotatable bonds is 2. The zero-order chi connectivity index (χ0) is 14.1. The van der Waals surface area contributed by atoms with E-state index in [1.807, 2.05) is 4.90 Å². The maximum Gasteiger partial charge on any atom is 0.315 e. The predicted octanol–water partition coefficient (Wildman–Crippen LogP) is 0.698. The van der Waals surface area contributed by atoms with Gasteiger partial charge in [-0.1, -0.05) is 6.07 Å². The second-order valence-corrected chi connectivity index (χ2v) is 5.18. The van der Waals surface area contributed by atoms with E-state index in [2.05, 4.69) is 4.90 Å². The molecular formula is C13H18N4O3. The number of ether oxygens (including phenoxy) is 1. The van der Waals surface area contributed by atoms with Crippen LogP contribution in [0.5, 0.6) is 0 Å². The maximum absolute atomic E-state index is 11.2. The first-order valence-electron chi connectivity index (χ1n) is 6.76. The highest BCUT2D eigenvalue weighted by atomic mass is 16.6. The van der Waals surface area contributed by atoms with Crippen molar-refractivity contribution in [1.82, 2.24) is 4.90 Å². The van der Waals surface area contributed by atoms with Crippen molar-refractivity contribution in [2.75, 3.05) is 50.0 Å². The first kappa shape index (κ1) is 13.1. The van der Waals surface area contributed by atoms with Gasteiger partial charge in [0.1, 0.15) is 11.4 Å². The van der Waals surface area contributed by atoms with Crippen LogP contribution >= 0.6 is 0 Å². The molecule has 2 saturated heterocycles. The third-order valence-electron chi connectivity index (χ3n) is 4.01. The van der Waals surface area contributed by atoms with Gasteiger partial charge in [-0.2, -0.15) is 0 Å². The standard InChI is InChI=1S/C13H18N4O3/c14-11-2-1-3-12(13(11)17(18)19)16-5-4-15-6-7-20-9-10(15)8-16/h1-3,10H,4-9,14H2. The van der Waals surface area contributed by atoms with Crippen LogP contribution in [0.4, 0.5) is 17.1 Å². The van der Waals surface area contributed by atoms with Gasteiger partial charge in [-0.3, -0.25) is 15.0 Å². The van der Waals surface area contributed by atoms with E-state index in [1.54, 1.807) is 18.2 Å². The van der Waals surface area contributed by atoms with Crippen molar-refractivity contribution in [2.45, 2.75) is 6.04 Å². The number of nitrogen functional groups attached to an aromatic ring is 1. The number of nitro groups is 1. The summed E-state index contributed by atoms with van der Waals surface area (Å²) in [5, 5.41) is 11.2. The number of nitrogens with zero attached hydrogens (tertiary/aromatic N) is 3. The van der Waals surface area contributed by atoms with E-state index in [-0.39, 0.29) is 11.4 Å². The number of hydrogen-bond acceptors (Lipinski definition) is 6. The Bertz CT molecular complexity index is 522. The Morgan fingerprint density at radius 1 is 1.35 bits per heavy atom. The van der Waals surface area contributed by atoms with Crippen molar-refractivity contribution >= 4 is 17.1 Å². The molecule has 0 radical (unpaired) electrons. The Morgan fingerprint density at radius 3 is 3.00 bits per heavy atom. The fraction of sp³-hybridized carbons (Fsp3) is 0.538. The van der Waals surface area contributed by atoms with Gasteiger partial charge < -0.3 is 15.4 Å². The molecule has 0 aliphatic carbocycles. The Morgan fingerprint density at radius 2 is 2.20 bits per heavy atom. The molecule has 1 aromatic carbocycles. The molecule has 0 saturated carbocycles. The zero-order valence-corrected chi connectivity index (χ0v) is 11.2. The number of anilines is 2. The number of fused-ring (bicyclic) bond motifs is 1. The summed E-state index contributed by atoms with van der Waals surface area (Å²) in [6, 6.07) is 5.41. The van der Waals surface area contributed by atoms with Crippen molar-refractivity contribution in [3.05, 3.63) is 28.3 Å². The largest absolute Gasteiger partial charge is 0.393 e. The molecule has 3 rings (SSSR count). The topological polar surface area (TPSA) is 84.9 Å². The lowest BCUT2D eigenvalue weighted by Crippen LogP contribution is -2.58. The second-order valence-electron chi connectivity index (χ2n) is 5.18. The number of benzene rings is 1. The molecule has 7 nitrogen and oxygen atoms in total. The molecular weight excluding hydrogens is 260 g/mol. The van der Waals surface area contributed by atoms with E-state index in [1.165, 1.54) is 0 Å². The van der Waals surface area contributed by atoms with Crippen LogP contribution in [0.15, 0.2) is 18.2 Å². The van der Waals surface area contributed by atoms with Crippen molar-refractivity contribution in [1.29, 1.82) is 0 Å². The normalized spacial score (nSPS) is 23.4. The molecule has 2 aliphatic heterocycles. The van der Waals surface area contributed by atoms with E-state index < -0.39 is 4.92 Å². The lowest BCUT2D eigenvalue weighted by Gasteiger charge is -2.44. The van der Waals surface area contributed by atoms with Crippen LogP contribution in [-0.4, -0.2) is 55.3 Å². The lowest BCUT2D eigenvalue weighted by molar-refractivity contribution is -0.383. The molecule has 108 valence electrons. The average molecular weight is 278 g/mol. The molecule has 1 unspecified atom stereocenters. The highest BCUT2D eigenvalue weighted by Crippen LogP contribution is 2.34. The lowest BCUT2D eigenvalue weighted by atomic mass is 10.1. The molecule has 2 heterocycles. The molecule has 1 atom stereocenters. The van der Waals surface area contributed by atoms with Gasteiger partial charge in [0.15, 0.2) is 0 Å². The second kappa shape index (κ2) is 5.26. The minimum absolute atomic E-state index is 0.0117. The summed E-state index contributed by atoms with van der Waals surface area (Å²) >= 11 is 0. The summed E-state index contributed by atoms with van der Waals surface area (Å²) in [5.41, 5.74) is 6.60. The van der Waals surface area contributed by atoms with Crippen molar-refractivity contribution < 1.29 is 9.66 Å². The third kappa shape index (κ3) is 2.30. The van der Waals surface area contributed by atoms with Crippen LogP contribution in [0.2, 0.25) is 0 Å². The SMILES string of the molecule is Nc1cccc(N2CCN3CCOCC3C2)c1[N+](=O)[O-]. The number of morpholine rings is 1. The van der Waals surface area contributed by atoms with Gasteiger partial charge in [-0.15, -0.1) is 0 Å². The summed E-state index contributed by atoms with van der Waals surface area (Å²) in [5.74, 6) is 0. The summed E-state index contributed by atoms with van der Waals surface area (Å²) < 4.78 is 5.50. The molecule has 0 aromatic heterocycles. The molecule has 2 N–H and O–H groups in total. The summed E-state index contributed by atoms with van der Waals surface area (Å²) in [6.45, 7) is 4.82. The van der Waals surface area contributed by atoms with E-state index in [4.69, 9.17) is 10.5 Å². The molecule has 0 bridgehead atoms. The van der Waals surface area contributed by atoms with Crippen molar-refractivity contribution in [3.8, 4) is 0 Å². The fourth-order valence-corrected chi connectivity index (χ4v) is 2.97. The first-order valence-corrected chi connectivity index (χ1v) is 6.76. The van der Waals surface area contributed by atoms with Crippen LogP contribution in [0, 0.1) is 10.1 Å². The molecule has 7 heteroatoms. The monoisotopic (exact) mass is 278 g/mol. The molecule has 0 spiro atoms. The number of hydrogen-bond donors (Lipinski definition) is 1. The van der Waals surface area contributed by atoms with Crippen LogP contribution < -0.4 is 10.6 Å². The summed E-state index contributed by atoms with van der Waals surface area (Å²) in [6.07, 6.45) is 0. The van der Waals surface area contributed by atoms with Crippen LogP contribution in [-0.2, 0) is 4.74 Å². The molecule has 0 amide bonds. The maximum atomic E-state index is 11.2. The number of piperazine rings is 1. The smallest absolute Gasteiger partial charge is 0.315 e. The Balaban J connectivity index is 1.86. The number of nitrogens with two attached hydrogens (primary N) is 1. The fourth-order valence-electron chi connectivity index (χ4n) is 2.97. The minimum atomic E-state index is -0.394. The van der Waals surface area contributed by atoms with Crippen LogP contribution in [0.3, 0.4) is 0 Å². The summed E-state index contributed by atoms with van der Waals surface area (Å²) in [7, 11) is 0. The third-order valence-corrected chi connectivity index (χ3v) is 4.01. The molecule has 2 aliphatic rings. The van der Waals surface area contributed by atoms with E-state index in [0.717, 1.165) is 32.8 Å². The Kier molecular flexibility index (Phi) is 3.45. The highest BCUT2D eigenvalue weighted by Gasteiger charge is 2.32. The van der Waals surface area contributed by atoms with Crippen molar-refractivity contribution in [2.24, 2.45) is 0 Å². The van der Waals surface area contributed by atoms with Crippen molar-refractivity contribution in [3.63, 3.8) is 0 Å². The van der Waals surface area contributed by atoms with E-state index in [9.17, 15) is 10.1 Å². The molecule has 20 heavy (non-hydrogen) atoms. The van der Waals surface area contributed by atoms with Gasteiger partial charge in [0.05, 0.1) is 24.2 Å². The molecule has 2 fully saturated rings. The Labute approximate surface area is 117 Å². The predicted molar refractivity (Wildman–Crippen MR) is 75.9 cm³/mol. The summed E-state index contributed by atoms with van der Waals surface area (Å²) in [4.78, 5) is 15.3. The number of para-hydroxylation sites is 1. The van der Waals surface area contributed by atoms with Gasteiger partial charge in [-0.05, 0) is 12.1 Å². The number of nitro benzene ring substituents is 1. The van der Waals surface area contributed by atoms with Crippen LogP contribution in [0.25, 0.3) is 0 Å². The van der Waals surface area contributed by atoms with Gasteiger partial charge in [0.2, 0.25) is 0 Å². The molecule has 1 aromatic rings. The Hall–Kier alpha value is -1.86. The minimum Gasteiger partial charge on any atom is -0.393 e. The van der Waals surface area contributed by atoms with E-state index >= 15 is 0 Å².